The van der Waals surface area contributed by atoms with Gasteiger partial charge in [-0.3, -0.25) is 4.79 Å². The molecule has 0 saturated heterocycles. The van der Waals surface area contributed by atoms with Crippen molar-refractivity contribution in [2.75, 3.05) is 20.3 Å². The summed E-state index contributed by atoms with van der Waals surface area (Å²) < 4.78 is 10.5. The van der Waals surface area contributed by atoms with Crippen LogP contribution < -0.4 is 10.1 Å². The van der Waals surface area contributed by atoms with E-state index in [0.717, 1.165) is 5.75 Å². The number of carbonyl (C=O) groups excluding carboxylic acids is 1. The molecule has 1 aromatic carbocycles. The van der Waals surface area contributed by atoms with Gasteiger partial charge in [0.25, 0.3) is 0 Å². The maximum absolute atomic E-state index is 11.6. The van der Waals surface area contributed by atoms with Gasteiger partial charge in [0.15, 0.2) is 0 Å². The molecule has 1 aromatic rings. The Morgan fingerprint density at radius 2 is 2.05 bits per heavy atom. The van der Waals surface area contributed by atoms with Gasteiger partial charge in [0.1, 0.15) is 5.75 Å². The molecule has 1 amide bonds. The molecule has 0 aromatic heterocycles. The molecule has 19 heavy (non-hydrogen) atoms. The van der Waals surface area contributed by atoms with E-state index in [-0.39, 0.29) is 11.9 Å². The van der Waals surface area contributed by atoms with Gasteiger partial charge in [0.2, 0.25) is 5.91 Å². The molecule has 1 atom stereocenters. The Morgan fingerprint density at radius 1 is 1.32 bits per heavy atom. The van der Waals surface area contributed by atoms with E-state index >= 15 is 0 Å². The minimum atomic E-state index is -0.0200. The summed E-state index contributed by atoms with van der Waals surface area (Å²) in [4.78, 5) is 11.6. The zero-order chi connectivity index (χ0) is 14.3. The molecule has 0 fully saturated rings. The topological polar surface area (TPSA) is 47.6 Å². The second-order valence-corrected chi connectivity index (χ2v) is 4.77. The monoisotopic (exact) mass is 265 g/mol. The molecule has 106 valence electrons. The van der Waals surface area contributed by atoms with Crippen LogP contribution in [0, 0.1) is 13.8 Å². The Kier molecular flexibility index (Phi) is 6.36. The zero-order valence-electron chi connectivity index (χ0n) is 12.2. The smallest absolute Gasteiger partial charge is 0.223 e. The van der Waals surface area contributed by atoms with Gasteiger partial charge >= 0.3 is 0 Å². The summed E-state index contributed by atoms with van der Waals surface area (Å²) in [5, 5.41) is 2.84. The highest BCUT2D eigenvalue weighted by atomic mass is 16.5. The number of hydrogen-bond acceptors (Lipinski definition) is 3. The number of rotatable bonds is 7. The standard InChI is InChI=1S/C15H23NO3/c1-11-5-6-14(9-12(11)2)19-8-7-15(17)16-13(3)10-18-4/h5-6,9,13H,7-8,10H2,1-4H3,(H,16,17)/t13-/m0/s1. The fourth-order valence-electron chi connectivity index (χ4n) is 1.70. The van der Waals surface area contributed by atoms with E-state index in [1.54, 1.807) is 7.11 Å². The minimum Gasteiger partial charge on any atom is -0.493 e. The van der Waals surface area contributed by atoms with Gasteiger partial charge in [-0.15, -0.1) is 0 Å². The second-order valence-electron chi connectivity index (χ2n) is 4.77. The van der Waals surface area contributed by atoms with Crippen molar-refractivity contribution in [3.8, 4) is 5.75 Å². The molecule has 0 heterocycles. The van der Waals surface area contributed by atoms with E-state index in [1.807, 2.05) is 32.0 Å². The summed E-state index contributed by atoms with van der Waals surface area (Å²) in [7, 11) is 1.62. The van der Waals surface area contributed by atoms with E-state index in [2.05, 4.69) is 12.2 Å². The molecular formula is C15H23NO3. The number of hydrogen-bond donors (Lipinski definition) is 1. The van der Waals surface area contributed by atoms with Crippen LogP contribution in [-0.4, -0.2) is 32.3 Å². The summed E-state index contributed by atoms with van der Waals surface area (Å²) in [5.41, 5.74) is 2.43. The maximum atomic E-state index is 11.6. The molecule has 0 radical (unpaired) electrons. The minimum absolute atomic E-state index is 0.0200. The van der Waals surface area contributed by atoms with Crippen molar-refractivity contribution in [3.63, 3.8) is 0 Å². The predicted molar refractivity (Wildman–Crippen MR) is 75.5 cm³/mol. The number of benzene rings is 1. The molecule has 1 rings (SSSR count). The Morgan fingerprint density at radius 3 is 2.68 bits per heavy atom. The van der Waals surface area contributed by atoms with Crippen molar-refractivity contribution in [1.29, 1.82) is 0 Å². The Labute approximate surface area is 115 Å². The number of carbonyl (C=O) groups is 1. The quantitative estimate of drug-likeness (QED) is 0.822. The van der Waals surface area contributed by atoms with Crippen molar-refractivity contribution in [3.05, 3.63) is 29.3 Å². The molecule has 0 spiro atoms. The van der Waals surface area contributed by atoms with Crippen molar-refractivity contribution >= 4 is 5.91 Å². The zero-order valence-corrected chi connectivity index (χ0v) is 12.2. The van der Waals surface area contributed by atoms with Crippen LogP contribution in [0.5, 0.6) is 5.75 Å². The number of methoxy groups -OCH3 is 1. The van der Waals surface area contributed by atoms with Crippen LogP contribution in [-0.2, 0) is 9.53 Å². The van der Waals surface area contributed by atoms with Crippen LogP contribution in [0.15, 0.2) is 18.2 Å². The Bertz CT molecular complexity index is 418. The predicted octanol–water partition coefficient (Wildman–Crippen LogP) is 2.22. The molecule has 4 heteroatoms. The molecule has 0 saturated carbocycles. The summed E-state index contributed by atoms with van der Waals surface area (Å²) in [6, 6.07) is 5.96. The van der Waals surface area contributed by atoms with Crippen LogP contribution in [0.2, 0.25) is 0 Å². The molecule has 0 bridgehead atoms. The van der Waals surface area contributed by atoms with E-state index < -0.39 is 0 Å². The lowest BCUT2D eigenvalue weighted by Crippen LogP contribution is -2.36. The van der Waals surface area contributed by atoms with Crippen molar-refractivity contribution < 1.29 is 14.3 Å². The number of amides is 1. The molecular weight excluding hydrogens is 242 g/mol. The first-order valence-corrected chi connectivity index (χ1v) is 6.51. The second kappa shape index (κ2) is 7.79. The van der Waals surface area contributed by atoms with Gasteiger partial charge < -0.3 is 14.8 Å². The van der Waals surface area contributed by atoms with E-state index in [1.165, 1.54) is 11.1 Å². The van der Waals surface area contributed by atoms with Crippen LogP contribution >= 0.6 is 0 Å². The van der Waals surface area contributed by atoms with Crippen molar-refractivity contribution in [2.45, 2.75) is 33.2 Å². The van der Waals surface area contributed by atoms with Gasteiger partial charge in [-0.05, 0) is 44.0 Å². The highest BCUT2D eigenvalue weighted by molar-refractivity contribution is 5.76. The first-order valence-electron chi connectivity index (χ1n) is 6.51. The van der Waals surface area contributed by atoms with Crippen LogP contribution in [0.1, 0.15) is 24.5 Å². The lowest BCUT2D eigenvalue weighted by Gasteiger charge is -2.13. The highest BCUT2D eigenvalue weighted by Gasteiger charge is 2.07. The normalized spacial score (nSPS) is 12.0. The Hall–Kier alpha value is -1.55. The SMILES string of the molecule is COC[C@H](C)NC(=O)CCOc1ccc(C)c(C)c1. The van der Waals surface area contributed by atoms with Crippen molar-refractivity contribution in [1.82, 2.24) is 5.32 Å². The van der Waals surface area contributed by atoms with Crippen LogP contribution in [0.3, 0.4) is 0 Å². The number of nitrogens with one attached hydrogen (secondary N) is 1. The van der Waals surface area contributed by atoms with Crippen molar-refractivity contribution in [2.24, 2.45) is 0 Å². The summed E-state index contributed by atoms with van der Waals surface area (Å²) in [6.07, 6.45) is 0.348. The lowest BCUT2D eigenvalue weighted by atomic mass is 10.1. The molecule has 0 unspecified atom stereocenters. The van der Waals surface area contributed by atoms with Gasteiger partial charge in [-0.25, -0.2) is 0 Å². The van der Waals surface area contributed by atoms with Gasteiger partial charge in [0.05, 0.1) is 19.6 Å². The molecule has 0 aliphatic carbocycles. The van der Waals surface area contributed by atoms with Crippen LogP contribution in [0.25, 0.3) is 0 Å². The average molecular weight is 265 g/mol. The van der Waals surface area contributed by atoms with Gasteiger partial charge in [0, 0.05) is 13.2 Å². The first kappa shape index (κ1) is 15.5. The molecule has 4 nitrogen and oxygen atoms in total. The summed E-state index contributed by atoms with van der Waals surface area (Å²) in [6.45, 7) is 6.91. The van der Waals surface area contributed by atoms with E-state index in [0.29, 0.717) is 19.6 Å². The third-order valence-electron chi connectivity index (χ3n) is 2.90. The molecule has 0 aliphatic heterocycles. The summed E-state index contributed by atoms with van der Waals surface area (Å²) >= 11 is 0. The largest absolute Gasteiger partial charge is 0.493 e. The number of aryl methyl sites for hydroxylation is 2. The van der Waals surface area contributed by atoms with Crippen LogP contribution in [0.4, 0.5) is 0 Å². The average Bonchev–Trinajstić information content (AvgIpc) is 2.34. The Balaban J connectivity index is 2.29. The summed E-state index contributed by atoms with van der Waals surface area (Å²) in [5.74, 6) is 0.786. The molecule has 0 aliphatic rings. The third kappa shape index (κ3) is 5.75. The van der Waals surface area contributed by atoms with E-state index in [9.17, 15) is 4.79 Å². The van der Waals surface area contributed by atoms with Gasteiger partial charge in [-0.2, -0.15) is 0 Å². The lowest BCUT2D eigenvalue weighted by molar-refractivity contribution is -0.122. The first-order chi connectivity index (χ1) is 9.02. The molecule has 1 N–H and O–H groups in total. The highest BCUT2D eigenvalue weighted by Crippen LogP contribution is 2.16. The third-order valence-corrected chi connectivity index (χ3v) is 2.90. The number of ether oxygens (including phenoxy) is 2. The fourth-order valence-corrected chi connectivity index (χ4v) is 1.70. The fraction of sp³-hybridized carbons (Fsp3) is 0.533. The van der Waals surface area contributed by atoms with E-state index in [4.69, 9.17) is 9.47 Å². The maximum Gasteiger partial charge on any atom is 0.223 e. The van der Waals surface area contributed by atoms with Gasteiger partial charge in [-0.1, -0.05) is 6.07 Å².